The second-order valence-corrected chi connectivity index (χ2v) is 7.88. The fraction of sp³-hybridized carbons (Fsp3) is 0.438. The number of amides is 2. The number of carbonyl (C=O) groups excluding carboxylic acids is 2. The number of carbonyl (C=O) groups is 2. The Morgan fingerprint density at radius 3 is 3.17 bits per heavy atom. The van der Waals surface area contributed by atoms with Crippen LogP contribution in [-0.2, 0) is 4.79 Å². The second-order valence-electron chi connectivity index (χ2n) is 5.98. The predicted octanol–water partition coefficient (Wildman–Crippen LogP) is 2.74. The van der Waals surface area contributed by atoms with E-state index in [-0.39, 0.29) is 17.9 Å². The minimum Gasteiger partial charge on any atom is -0.352 e. The molecule has 0 aromatic carbocycles. The van der Waals surface area contributed by atoms with Crippen molar-refractivity contribution in [1.29, 1.82) is 0 Å². The lowest BCUT2D eigenvalue weighted by atomic mass is 10.1. The van der Waals surface area contributed by atoms with E-state index in [1.54, 1.807) is 11.3 Å². The van der Waals surface area contributed by atoms with Crippen LogP contribution in [0.25, 0.3) is 15.3 Å². The van der Waals surface area contributed by atoms with E-state index in [0.29, 0.717) is 13.0 Å². The van der Waals surface area contributed by atoms with Crippen LogP contribution in [0.15, 0.2) is 17.6 Å². The fourth-order valence-electron chi connectivity index (χ4n) is 3.12. The Bertz CT molecular complexity index is 910. The molecule has 8 heteroatoms. The Kier molecular flexibility index (Phi) is 4.01. The Labute approximate surface area is 147 Å². The van der Waals surface area contributed by atoms with Crippen LogP contribution in [0.2, 0.25) is 0 Å². The number of nitrogens with one attached hydrogen (secondary N) is 1. The first-order chi connectivity index (χ1) is 11.7. The molecule has 1 atom stereocenters. The molecule has 4 rings (SSSR count). The summed E-state index contributed by atoms with van der Waals surface area (Å²) in [5, 5.41) is 5.00. The number of nitrogens with zero attached hydrogens (tertiary/aromatic N) is 3. The number of aromatic nitrogens is 2. The molecule has 3 aromatic rings. The smallest absolute Gasteiger partial charge is 0.264 e. The third kappa shape index (κ3) is 2.69. The van der Waals surface area contributed by atoms with E-state index < -0.39 is 0 Å². The van der Waals surface area contributed by atoms with Crippen molar-refractivity contribution in [3.05, 3.63) is 22.5 Å². The molecule has 24 heavy (non-hydrogen) atoms. The quantitative estimate of drug-likeness (QED) is 0.779. The van der Waals surface area contributed by atoms with Crippen molar-refractivity contribution >= 4 is 49.8 Å². The van der Waals surface area contributed by atoms with Crippen LogP contribution >= 0.6 is 22.7 Å². The van der Waals surface area contributed by atoms with Gasteiger partial charge in [0.2, 0.25) is 5.91 Å². The molecule has 0 aliphatic carbocycles. The van der Waals surface area contributed by atoms with Gasteiger partial charge in [-0.25, -0.2) is 4.98 Å². The third-order valence-electron chi connectivity index (χ3n) is 4.35. The fourth-order valence-corrected chi connectivity index (χ4v) is 4.89. The zero-order valence-electron chi connectivity index (χ0n) is 13.3. The largest absolute Gasteiger partial charge is 0.352 e. The molecule has 1 N–H and O–H groups in total. The molecule has 0 saturated carbocycles. The van der Waals surface area contributed by atoms with Gasteiger partial charge in [-0.15, -0.1) is 22.7 Å². The maximum absolute atomic E-state index is 12.8. The van der Waals surface area contributed by atoms with Gasteiger partial charge in [-0.1, -0.05) is 6.92 Å². The first-order valence-electron chi connectivity index (χ1n) is 8.09. The molecule has 1 fully saturated rings. The highest BCUT2D eigenvalue weighted by molar-refractivity contribution is 7.21. The van der Waals surface area contributed by atoms with E-state index in [9.17, 15) is 9.59 Å². The van der Waals surface area contributed by atoms with Gasteiger partial charge in [0, 0.05) is 37.1 Å². The number of likely N-dealkylation sites (tertiary alicyclic amines) is 1. The summed E-state index contributed by atoms with van der Waals surface area (Å²) in [6.45, 7) is 3.17. The van der Waals surface area contributed by atoms with E-state index in [2.05, 4.69) is 10.3 Å². The number of piperidine rings is 1. The van der Waals surface area contributed by atoms with E-state index in [1.807, 2.05) is 33.9 Å². The van der Waals surface area contributed by atoms with Crippen molar-refractivity contribution < 1.29 is 9.59 Å². The number of rotatable bonds is 3. The van der Waals surface area contributed by atoms with Crippen LogP contribution in [0.5, 0.6) is 0 Å². The van der Waals surface area contributed by atoms with Crippen molar-refractivity contribution in [2.24, 2.45) is 0 Å². The standard InChI is InChI=1S/C16H18N4O2S2/c1-2-13(21)17-10-4-3-5-19(9-10)15(22)12-8-11-14(24-12)18-16-20(11)6-7-23-16/h6-8,10H,2-5,9H2,1H3,(H,17,21). The van der Waals surface area contributed by atoms with Crippen LogP contribution < -0.4 is 5.32 Å². The lowest BCUT2D eigenvalue weighted by Gasteiger charge is -2.32. The molecule has 3 aromatic heterocycles. The summed E-state index contributed by atoms with van der Waals surface area (Å²) < 4.78 is 2.02. The van der Waals surface area contributed by atoms with Gasteiger partial charge in [-0.05, 0) is 18.9 Å². The molecule has 126 valence electrons. The normalized spacial score (nSPS) is 18.4. The Morgan fingerprint density at radius 1 is 1.46 bits per heavy atom. The summed E-state index contributed by atoms with van der Waals surface area (Å²) >= 11 is 3.04. The number of hydrogen-bond donors (Lipinski definition) is 1. The molecule has 1 saturated heterocycles. The highest BCUT2D eigenvalue weighted by atomic mass is 32.1. The predicted molar refractivity (Wildman–Crippen MR) is 95.8 cm³/mol. The molecule has 1 aliphatic heterocycles. The van der Waals surface area contributed by atoms with Crippen molar-refractivity contribution in [1.82, 2.24) is 19.6 Å². The molecule has 1 aliphatic rings. The van der Waals surface area contributed by atoms with Crippen LogP contribution in [0.4, 0.5) is 0 Å². The second kappa shape index (κ2) is 6.18. The summed E-state index contributed by atoms with van der Waals surface area (Å²) in [5.74, 6) is 0.0852. The average molecular weight is 362 g/mol. The topological polar surface area (TPSA) is 66.7 Å². The summed E-state index contributed by atoms with van der Waals surface area (Å²) in [7, 11) is 0. The SMILES string of the molecule is CCC(=O)NC1CCCN(C(=O)c2cc3c(nc4sccn43)s2)C1. The summed E-state index contributed by atoms with van der Waals surface area (Å²) in [6.07, 6.45) is 4.30. The molecule has 0 spiro atoms. The number of hydrogen-bond acceptors (Lipinski definition) is 5. The van der Waals surface area contributed by atoms with E-state index in [4.69, 9.17) is 0 Å². The van der Waals surface area contributed by atoms with Crippen molar-refractivity contribution in [2.75, 3.05) is 13.1 Å². The van der Waals surface area contributed by atoms with Gasteiger partial charge in [0.25, 0.3) is 5.91 Å². The Hall–Kier alpha value is -1.93. The molecular weight excluding hydrogens is 344 g/mol. The van der Waals surface area contributed by atoms with E-state index >= 15 is 0 Å². The number of thiazole rings is 1. The van der Waals surface area contributed by atoms with Gasteiger partial charge in [-0.2, -0.15) is 0 Å². The zero-order valence-corrected chi connectivity index (χ0v) is 15.0. The van der Waals surface area contributed by atoms with Gasteiger partial charge in [0.1, 0.15) is 4.83 Å². The van der Waals surface area contributed by atoms with Crippen LogP contribution in [0.1, 0.15) is 35.9 Å². The Morgan fingerprint density at radius 2 is 2.33 bits per heavy atom. The van der Waals surface area contributed by atoms with Crippen molar-refractivity contribution in [3.8, 4) is 0 Å². The van der Waals surface area contributed by atoms with Crippen LogP contribution in [-0.4, -0.2) is 45.2 Å². The monoisotopic (exact) mass is 362 g/mol. The lowest BCUT2D eigenvalue weighted by Crippen LogP contribution is -2.49. The lowest BCUT2D eigenvalue weighted by molar-refractivity contribution is -0.121. The highest BCUT2D eigenvalue weighted by Gasteiger charge is 2.27. The molecule has 6 nitrogen and oxygen atoms in total. The number of imidazole rings is 1. The molecule has 1 unspecified atom stereocenters. The van der Waals surface area contributed by atoms with Gasteiger partial charge in [0.05, 0.1) is 10.4 Å². The first kappa shape index (κ1) is 15.6. The van der Waals surface area contributed by atoms with Gasteiger partial charge >= 0.3 is 0 Å². The highest BCUT2D eigenvalue weighted by Crippen LogP contribution is 2.29. The Balaban J connectivity index is 1.54. The molecule has 4 heterocycles. The summed E-state index contributed by atoms with van der Waals surface area (Å²) in [5.41, 5.74) is 0.993. The maximum atomic E-state index is 12.8. The minimum atomic E-state index is 0.0393. The van der Waals surface area contributed by atoms with E-state index in [0.717, 1.165) is 39.6 Å². The van der Waals surface area contributed by atoms with Gasteiger partial charge < -0.3 is 10.2 Å². The molecular formula is C16H18N4O2S2. The van der Waals surface area contributed by atoms with Crippen molar-refractivity contribution in [3.63, 3.8) is 0 Å². The molecule has 0 bridgehead atoms. The van der Waals surface area contributed by atoms with Crippen LogP contribution in [0.3, 0.4) is 0 Å². The number of thiophene rings is 1. The van der Waals surface area contributed by atoms with Gasteiger partial charge in [-0.3, -0.25) is 14.0 Å². The van der Waals surface area contributed by atoms with Crippen molar-refractivity contribution in [2.45, 2.75) is 32.2 Å². The summed E-state index contributed by atoms with van der Waals surface area (Å²) in [6, 6.07) is 1.99. The number of fused-ring (bicyclic) bond motifs is 3. The molecule has 2 amide bonds. The zero-order chi connectivity index (χ0) is 16.7. The van der Waals surface area contributed by atoms with Gasteiger partial charge in [0.15, 0.2) is 4.96 Å². The summed E-state index contributed by atoms with van der Waals surface area (Å²) in [4.78, 5) is 33.4. The maximum Gasteiger partial charge on any atom is 0.264 e. The minimum absolute atomic E-state index is 0.0393. The van der Waals surface area contributed by atoms with E-state index in [1.165, 1.54) is 11.3 Å². The third-order valence-corrected chi connectivity index (χ3v) is 6.11. The first-order valence-corrected chi connectivity index (χ1v) is 9.79. The molecule has 0 radical (unpaired) electrons. The van der Waals surface area contributed by atoms with Crippen LogP contribution in [0, 0.1) is 0 Å². The average Bonchev–Trinajstić information content (AvgIpc) is 3.26.